The summed E-state index contributed by atoms with van der Waals surface area (Å²) >= 11 is 1.55. The maximum Gasteiger partial charge on any atom is 0.290 e. The molecule has 8 nitrogen and oxygen atoms in total. The van der Waals surface area contributed by atoms with Gasteiger partial charge in [0, 0.05) is 22.8 Å². The van der Waals surface area contributed by atoms with Gasteiger partial charge in [-0.2, -0.15) is 0 Å². The average molecular weight is 384 g/mol. The van der Waals surface area contributed by atoms with E-state index in [0.29, 0.717) is 17.6 Å². The summed E-state index contributed by atoms with van der Waals surface area (Å²) in [4.78, 5) is 33.4. The highest BCUT2D eigenvalue weighted by Gasteiger charge is 2.09. The van der Waals surface area contributed by atoms with E-state index in [1.165, 1.54) is 0 Å². The Bertz CT molecular complexity index is 1120. The number of H-pyrrole nitrogens is 1. The minimum atomic E-state index is -0.250. The van der Waals surface area contributed by atoms with E-state index in [4.69, 9.17) is 14.6 Å². The van der Waals surface area contributed by atoms with Gasteiger partial charge in [0.25, 0.3) is 12.0 Å². The molecule has 3 heterocycles. The highest BCUT2D eigenvalue weighted by molar-refractivity contribution is 7.15. The molecule has 0 spiro atoms. The van der Waals surface area contributed by atoms with Gasteiger partial charge in [0.15, 0.2) is 0 Å². The first-order valence-corrected chi connectivity index (χ1v) is 8.67. The molecule has 0 radical (unpaired) electrons. The molecular formula is C18H16N4O4S. The summed E-state index contributed by atoms with van der Waals surface area (Å²) in [7, 11) is 1.64. The molecule has 0 unspecified atom stereocenters. The minimum absolute atomic E-state index is 0.0821. The number of hydrogen-bond acceptors (Lipinski definition) is 6. The number of thiazole rings is 1. The zero-order chi connectivity index (χ0) is 19.2. The Hall–Kier alpha value is -3.46. The van der Waals surface area contributed by atoms with Crippen molar-refractivity contribution in [3.05, 3.63) is 64.3 Å². The van der Waals surface area contributed by atoms with Gasteiger partial charge in [-0.05, 0) is 18.2 Å². The first kappa shape index (κ1) is 18.3. The molecule has 0 aliphatic rings. The second-order valence-electron chi connectivity index (χ2n) is 5.38. The topological polar surface area (TPSA) is 110 Å². The molecule has 0 fully saturated rings. The zero-order valence-electron chi connectivity index (χ0n) is 14.3. The Morgan fingerprint density at radius 2 is 2.15 bits per heavy atom. The monoisotopic (exact) mass is 384 g/mol. The van der Waals surface area contributed by atoms with Crippen LogP contribution in [0.5, 0.6) is 5.75 Å². The van der Waals surface area contributed by atoms with Crippen molar-refractivity contribution in [2.45, 2.75) is 6.54 Å². The molecule has 1 aromatic carbocycles. The van der Waals surface area contributed by atoms with E-state index < -0.39 is 0 Å². The van der Waals surface area contributed by atoms with Crippen LogP contribution in [0.3, 0.4) is 0 Å². The molecule has 4 rings (SSSR count). The molecule has 2 N–H and O–H groups in total. The first-order valence-electron chi connectivity index (χ1n) is 7.85. The molecule has 3 aromatic heterocycles. The highest BCUT2D eigenvalue weighted by atomic mass is 32.1. The van der Waals surface area contributed by atoms with Crippen LogP contribution in [0.25, 0.3) is 21.6 Å². The number of carboxylic acid groups (broad SMARTS) is 1. The third kappa shape index (κ3) is 4.04. The molecule has 27 heavy (non-hydrogen) atoms. The van der Waals surface area contributed by atoms with Crippen LogP contribution in [0.4, 0.5) is 0 Å². The van der Waals surface area contributed by atoms with Gasteiger partial charge in [0.2, 0.25) is 0 Å². The van der Waals surface area contributed by atoms with E-state index in [2.05, 4.69) is 15.0 Å². The smallest absolute Gasteiger partial charge is 0.290 e. The number of carbonyl (C=O) groups is 1. The summed E-state index contributed by atoms with van der Waals surface area (Å²) in [5, 5.41) is 7.78. The Labute approximate surface area is 157 Å². The van der Waals surface area contributed by atoms with Gasteiger partial charge in [-0.3, -0.25) is 14.2 Å². The number of methoxy groups -OCH3 is 1. The lowest BCUT2D eigenvalue weighted by Gasteiger charge is -2.02. The van der Waals surface area contributed by atoms with Gasteiger partial charge in [-0.15, -0.1) is 11.3 Å². The molecular weight excluding hydrogens is 368 g/mol. The van der Waals surface area contributed by atoms with Crippen LogP contribution >= 0.6 is 11.3 Å². The average Bonchev–Trinajstić information content (AvgIpc) is 3.35. The van der Waals surface area contributed by atoms with E-state index in [1.807, 2.05) is 24.3 Å². The molecule has 0 saturated carbocycles. The van der Waals surface area contributed by atoms with Crippen LogP contribution < -0.4 is 10.3 Å². The van der Waals surface area contributed by atoms with Gasteiger partial charge in [-0.1, -0.05) is 12.1 Å². The summed E-state index contributed by atoms with van der Waals surface area (Å²) in [5.74, 6) is 0.793. The van der Waals surface area contributed by atoms with Crippen LogP contribution in [-0.4, -0.2) is 38.2 Å². The van der Waals surface area contributed by atoms with E-state index >= 15 is 0 Å². The Morgan fingerprint density at radius 3 is 2.93 bits per heavy atom. The standard InChI is InChI=1S/C17H14N4O2S.CH2O2/c1-23-12-4-2-3-11(7-12)16-19-8-13(24-16)9-21-10-20-14-5-6-18-15(14)17(21)22;2-1-3/h2-8,10,18H,9H2,1H3;1H,(H,2,3). The van der Waals surface area contributed by atoms with Crippen molar-refractivity contribution in [1.29, 1.82) is 0 Å². The largest absolute Gasteiger partial charge is 0.497 e. The van der Waals surface area contributed by atoms with E-state index in [1.54, 1.807) is 47.8 Å². The van der Waals surface area contributed by atoms with Crippen LogP contribution in [-0.2, 0) is 11.3 Å². The van der Waals surface area contributed by atoms with Crippen molar-refractivity contribution in [2.24, 2.45) is 0 Å². The SMILES string of the molecule is COc1cccc(-c2ncc(Cn3cnc4cc[nH]c4c3=O)s2)c1.O=CO. The third-order valence-electron chi connectivity index (χ3n) is 3.73. The fraction of sp³-hybridized carbons (Fsp3) is 0.111. The second-order valence-corrected chi connectivity index (χ2v) is 6.50. The molecule has 0 bridgehead atoms. The van der Waals surface area contributed by atoms with Crippen molar-refractivity contribution < 1.29 is 14.6 Å². The summed E-state index contributed by atoms with van der Waals surface area (Å²) in [6, 6.07) is 9.55. The van der Waals surface area contributed by atoms with Crippen molar-refractivity contribution in [1.82, 2.24) is 19.5 Å². The van der Waals surface area contributed by atoms with E-state index in [-0.39, 0.29) is 12.0 Å². The number of fused-ring (bicyclic) bond motifs is 1. The normalized spacial score (nSPS) is 10.3. The number of rotatable bonds is 4. The Morgan fingerprint density at radius 1 is 1.33 bits per heavy atom. The molecule has 9 heteroatoms. The van der Waals surface area contributed by atoms with Crippen LogP contribution in [0.15, 0.2) is 53.8 Å². The molecule has 0 aliphatic heterocycles. The molecule has 0 saturated heterocycles. The number of benzene rings is 1. The van der Waals surface area contributed by atoms with Gasteiger partial charge >= 0.3 is 0 Å². The molecule has 0 aliphatic carbocycles. The predicted molar refractivity (Wildman–Crippen MR) is 102 cm³/mol. The second kappa shape index (κ2) is 8.28. The van der Waals surface area contributed by atoms with Gasteiger partial charge in [0.05, 0.1) is 25.5 Å². The molecule has 138 valence electrons. The number of ether oxygens (including phenoxy) is 1. The van der Waals surface area contributed by atoms with E-state index in [0.717, 1.165) is 21.2 Å². The lowest BCUT2D eigenvalue weighted by atomic mass is 10.2. The lowest BCUT2D eigenvalue weighted by molar-refractivity contribution is -0.122. The maximum absolute atomic E-state index is 12.4. The van der Waals surface area contributed by atoms with Crippen molar-refractivity contribution >= 4 is 28.8 Å². The van der Waals surface area contributed by atoms with Crippen molar-refractivity contribution in [2.75, 3.05) is 7.11 Å². The molecule has 0 atom stereocenters. The van der Waals surface area contributed by atoms with Crippen molar-refractivity contribution in [3.8, 4) is 16.3 Å². The number of aromatic amines is 1. The third-order valence-corrected chi connectivity index (χ3v) is 4.76. The van der Waals surface area contributed by atoms with Crippen molar-refractivity contribution in [3.63, 3.8) is 0 Å². The minimum Gasteiger partial charge on any atom is -0.497 e. The summed E-state index contributed by atoms with van der Waals surface area (Å²) in [5.41, 5.74) is 2.12. The van der Waals surface area contributed by atoms with E-state index in [9.17, 15) is 4.79 Å². The molecule has 4 aromatic rings. The lowest BCUT2D eigenvalue weighted by Crippen LogP contribution is -2.20. The van der Waals surface area contributed by atoms with Crippen LogP contribution in [0.1, 0.15) is 4.88 Å². The number of aromatic nitrogens is 4. The molecule has 0 amide bonds. The highest BCUT2D eigenvalue weighted by Crippen LogP contribution is 2.28. The quantitative estimate of drug-likeness (QED) is 0.523. The van der Waals surface area contributed by atoms with Crippen LogP contribution in [0.2, 0.25) is 0 Å². The fourth-order valence-electron chi connectivity index (χ4n) is 2.52. The van der Waals surface area contributed by atoms with Gasteiger partial charge < -0.3 is 14.8 Å². The number of nitrogens with zero attached hydrogens (tertiary/aromatic N) is 3. The van der Waals surface area contributed by atoms with Gasteiger partial charge in [-0.25, -0.2) is 9.97 Å². The number of hydrogen-bond donors (Lipinski definition) is 2. The summed E-state index contributed by atoms with van der Waals surface area (Å²) in [6.07, 6.45) is 5.09. The summed E-state index contributed by atoms with van der Waals surface area (Å²) < 4.78 is 6.83. The van der Waals surface area contributed by atoms with Crippen LogP contribution in [0, 0.1) is 0 Å². The summed E-state index contributed by atoms with van der Waals surface area (Å²) in [6.45, 7) is 0.197. The fourth-order valence-corrected chi connectivity index (χ4v) is 3.43. The Kier molecular flexibility index (Phi) is 5.62. The Balaban J connectivity index is 0.000000659. The predicted octanol–water partition coefficient (Wildman–Crippen LogP) is 2.61. The van der Waals surface area contributed by atoms with Gasteiger partial charge in [0.1, 0.15) is 16.3 Å². The number of nitrogens with one attached hydrogen (secondary N) is 1. The maximum atomic E-state index is 12.4. The first-order chi connectivity index (χ1) is 13.2. The zero-order valence-corrected chi connectivity index (χ0v) is 15.1.